The fraction of sp³-hybridized carbons (Fsp3) is 0.462. The van der Waals surface area contributed by atoms with Crippen LogP contribution in [0.5, 0.6) is 0 Å². The number of amides is 1. The Morgan fingerprint density at radius 2 is 1.94 bits per heavy atom. The Labute approximate surface area is 102 Å². The zero-order valence-corrected chi connectivity index (χ0v) is 10.6. The van der Waals surface area contributed by atoms with Gasteiger partial charge in [0.1, 0.15) is 0 Å². The Bertz CT molecular complexity index is 360. The van der Waals surface area contributed by atoms with Gasteiger partial charge in [0.2, 0.25) is 5.91 Å². The van der Waals surface area contributed by atoms with Crippen LogP contribution in [0, 0.1) is 0 Å². The van der Waals surface area contributed by atoms with Gasteiger partial charge in [0, 0.05) is 13.5 Å². The van der Waals surface area contributed by atoms with E-state index in [9.17, 15) is 9.90 Å². The van der Waals surface area contributed by atoms with Crippen molar-refractivity contribution >= 4 is 5.91 Å². The molecule has 0 fully saturated rings. The summed E-state index contributed by atoms with van der Waals surface area (Å²) in [5.41, 5.74) is 2.13. The molecule has 0 aromatic heterocycles. The molecule has 0 unspecified atom stereocenters. The Balaban J connectivity index is 2.74. The molecular weight excluding hydrogens is 216 g/mol. The van der Waals surface area contributed by atoms with Gasteiger partial charge in [-0.3, -0.25) is 4.79 Å². The smallest absolute Gasteiger partial charge is 0.217 e. The summed E-state index contributed by atoms with van der Waals surface area (Å²) in [6, 6.07) is 7.59. The summed E-state index contributed by atoms with van der Waals surface area (Å²) >= 11 is 0. The number of hydrogen-bond acceptors (Lipinski definition) is 3. The van der Waals surface area contributed by atoms with Crippen LogP contribution in [0.4, 0.5) is 0 Å². The first-order valence-corrected chi connectivity index (χ1v) is 5.64. The molecule has 1 amide bonds. The maximum Gasteiger partial charge on any atom is 0.217 e. The highest BCUT2D eigenvalue weighted by Crippen LogP contribution is 2.14. The molecule has 4 nitrogen and oxygen atoms in total. The Hall–Kier alpha value is -1.39. The third-order valence-electron chi connectivity index (χ3n) is 2.44. The van der Waals surface area contributed by atoms with E-state index in [4.69, 9.17) is 0 Å². The minimum absolute atomic E-state index is 0.0907. The summed E-state index contributed by atoms with van der Waals surface area (Å²) in [5.74, 6) is -0.138. The second-order valence-corrected chi connectivity index (χ2v) is 4.42. The first-order valence-electron chi connectivity index (χ1n) is 5.64. The Morgan fingerprint density at radius 1 is 1.35 bits per heavy atom. The van der Waals surface area contributed by atoms with Gasteiger partial charge < -0.3 is 15.3 Å². The Morgan fingerprint density at radius 3 is 2.35 bits per heavy atom. The average molecular weight is 236 g/mol. The molecule has 94 valence electrons. The van der Waals surface area contributed by atoms with E-state index in [-0.39, 0.29) is 18.6 Å². The number of rotatable bonds is 5. The predicted octanol–water partition coefficient (Wildman–Crippen LogP) is 0.918. The monoisotopic (exact) mass is 236 g/mol. The topological polar surface area (TPSA) is 52.6 Å². The number of carbonyl (C=O) groups excluding carboxylic acids is 1. The lowest BCUT2D eigenvalue weighted by Gasteiger charge is -2.16. The highest BCUT2D eigenvalue weighted by Gasteiger charge is 2.10. The van der Waals surface area contributed by atoms with Crippen molar-refractivity contribution in [3.63, 3.8) is 0 Å². The number of aliphatic hydroxyl groups is 1. The van der Waals surface area contributed by atoms with Crippen LogP contribution >= 0.6 is 0 Å². The van der Waals surface area contributed by atoms with E-state index in [0.717, 1.165) is 12.1 Å². The van der Waals surface area contributed by atoms with Crippen LogP contribution < -0.4 is 5.32 Å². The molecule has 0 aliphatic heterocycles. The maximum atomic E-state index is 11.0. The van der Waals surface area contributed by atoms with Crippen LogP contribution in [0.1, 0.15) is 24.1 Å². The fourth-order valence-corrected chi connectivity index (χ4v) is 1.70. The van der Waals surface area contributed by atoms with E-state index in [1.807, 2.05) is 38.4 Å². The first kappa shape index (κ1) is 13.7. The number of hydrogen-bond donors (Lipinski definition) is 2. The van der Waals surface area contributed by atoms with Crippen molar-refractivity contribution in [2.45, 2.75) is 19.5 Å². The first-order chi connectivity index (χ1) is 8.02. The number of nitrogens with one attached hydrogen (secondary N) is 1. The lowest BCUT2D eigenvalue weighted by molar-refractivity contribution is -0.120. The van der Waals surface area contributed by atoms with Crippen molar-refractivity contribution in [2.24, 2.45) is 0 Å². The van der Waals surface area contributed by atoms with E-state index in [1.54, 1.807) is 0 Å². The molecule has 1 atom stereocenters. The van der Waals surface area contributed by atoms with Crippen molar-refractivity contribution in [2.75, 3.05) is 20.7 Å². The van der Waals surface area contributed by atoms with E-state index < -0.39 is 0 Å². The van der Waals surface area contributed by atoms with Crippen LogP contribution in [-0.2, 0) is 11.3 Å². The van der Waals surface area contributed by atoms with Gasteiger partial charge in [0.05, 0.1) is 12.6 Å². The number of nitrogens with zero attached hydrogens (tertiary/aromatic N) is 1. The van der Waals surface area contributed by atoms with Crippen LogP contribution in [0.25, 0.3) is 0 Å². The Kier molecular flexibility index (Phi) is 5.12. The average Bonchev–Trinajstić information content (AvgIpc) is 2.26. The lowest BCUT2D eigenvalue weighted by atomic mass is 10.1. The van der Waals surface area contributed by atoms with Crippen LogP contribution in [0.15, 0.2) is 24.3 Å². The van der Waals surface area contributed by atoms with Gasteiger partial charge in [-0.15, -0.1) is 0 Å². The molecule has 0 spiro atoms. The quantitative estimate of drug-likeness (QED) is 0.799. The summed E-state index contributed by atoms with van der Waals surface area (Å²) in [6.07, 6.45) is 0. The van der Waals surface area contributed by atoms with Gasteiger partial charge in [0.15, 0.2) is 0 Å². The van der Waals surface area contributed by atoms with Crippen molar-refractivity contribution < 1.29 is 9.90 Å². The summed E-state index contributed by atoms with van der Waals surface area (Å²) < 4.78 is 0. The van der Waals surface area contributed by atoms with Crippen LogP contribution in [-0.4, -0.2) is 36.6 Å². The fourth-order valence-electron chi connectivity index (χ4n) is 1.70. The molecule has 1 aromatic rings. The maximum absolute atomic E-state index is 11.0. The molecule has 1 aromatic carbocycles. The van der Waals surface area contributed by atoms with Crippen molar-refractivity contribution in [3.8, 4) is 0 Å². The SMILES string of the molecule is CC(=O)N[C@H](CO)c1ccc(CN(C)C)cc1. The molecule has 0 saturated carbocycles. The number of aliphatic hydroxyl groups excluding tert-OH is 1. The molecule has 0 bridgehead atoms. The van der Waals surface area contributed by atoms with E-state index >= 15 is 0 Å². The zero-order valence-electron chi connectivity index (χ0n) is 10.6. The van der Waals surface area contributed by atoms with Gasteiger partial charge in [-0.1, -0.05) is 24.3 Å². The van der Waals surface area contributed by atoms with Gasteiger partial charge in [0.25, 0.3) is 0 Å². The second kappa shape index (κ2) is 6.37. The molecule has 4 heteroatoms. The standard InChI is InChI=1S/C13H20N2O2/c1-10(17)14-13(9-16)12-6-4-11(5-7-12)8-15(2)3/h4-7,13,16H,8-9H2,1-3H3,(H,14,17)/t13-/m1/s1. The molecule has 0 aliphatic rings. The van der Waals surface area contributed by atoms with E-state index in [2.05, 4.69) is 10.2 Å². The zero-order chi connectivity index (χ0) is 12.8. The molecular formula is C13H20N2O2. The summed E-state index contributed by atoms with van der Waals surface area (Å²) in [5, 5.41) is 11.9. The molecule has 0 heterocycles. The molecule has 0 saturated heterocycles. The highest BCUT2D eigenvalue weighted by molar-refractivity contribution is 5.73. The normalized spacial score (nSPS) is 12.5. The molecule has 1 rings (SSSR count). The number of benzene rings is 1. The predicted molar refractivity (Wildman–Crippen MR) is 67.5 cm³/mol. The van der Waals surface area contributed by atoms with Crippen molar-refractivity contribution in [1.29, 1.82) is 0 Å². The summed E-state index contributed by atoms with van der Waals surface area (Å²) in [6.45, 7) is 2.24. The van der Waals surface area contributed by atoms with Gasteiger partial charge in [-0.25, -0.2) is 0 Å². The third-order valence-corrected chi connectivity index (χ3v) is 2.44. The van der Waals surface area contributed by atoms with Crippen LogP contribution in [0.2, 0.25) is 0 Å². The van der Waals surface area contributed by atoms with Crippen molar-refractivity contribution in [1.82, 2.24) is 10.2 Å². The minimum Gasteiger partial charge on any atom is -0.394 e. The number of carbonyl (C=O) groups is 1. The van der Waals surface area contributed by atoms with Gasteiger partial charge >= 0.3 is 0 Å². The lowest BCUT2D eigenvalue weighted by Crippen LogP contribution is -2.28. The molecule has 0 aliphatic carbocycles. The minimum atomic E-state index is -0.319. The largest absolute Gasteiger partial charge is 0.394 e. The molecule has 2 N–H and O–H groups in total. The molecule has 0 radical (unpaired) electrons. The second-order valence-electron chi connectivity index (χ2n) is 4.42. The van der Waals surface area contributed by atoms with E-state index in [1.165, 1.54) is 12.5 Å². The summed E-state index contributed by atoms with van der Waals surface area (Å²) in [7, 11) is 4.03. The molecule has 17 heavy (non-hydrogen) atoms. The van der Waals surface area contributed by atoms with Crippen LogP contribution in [0.3, 0.4) is 0 Å². The highest BCUT2D eigenvalue weighted by atomic mass is 16.3. The van der Waals surface area contributed by atoms with Crippen molar-refractivity contribution in [3.05, 3.63) is 35.4 Å². The third kappa shape index (κ3) is 4.54. The summed E-state index contributed by atoms with van der Waals surface area (Å²) in [4.78, 5) is 13.1. The van der Waals surface area contributed by atoms with Gasteiger partial charge in [-0.05, 0) is 25.2 Å². The van der Waals surface area contributed by atoms with E-state index in [0.29, 0.717) is 0 Å². The van der Waals surface area contributed by atoms with Gasteiger partial charge in [-0.2, -0.15) is 0 Å².